The van der Waals surface area contributed by atoms with Crippen LogP contribution in [-0.4, -0.2) is 12.7 Å². The largest absolute Gasteiger partial charge is 0.458 e. The van der Waals surface area contributed by atoms with Gasteiger partial charge in [-0.2, -0.15) is 22.0 Å². The molecular weight excluding hydrogens is 301 g/mol. The highest BCUT2D eigenvalue weighted by atomic mass is 19.4. The Morgan fingerprint density at radius 2 is 1.64 bits per heavy atom. The molecule has 0 spiro atoms. The SMILES string of the molecule is FC(F)(F)C(F)(F)c1cccc(CCNc2cc[c]cc2)c1. The van der Waals surface area contributed by atoms with Crippen LogP contribution in [0.5, 0.6) is 0 Å². The first kappa shape index (κ1) is 16.3. The van der Waals surface area contributed by atoms with E-state index in [1.807, 2.05) is 0 Å². The molecule has 0 fully saturated rings. The van der Waals surface area contributed by atoms with Crippen molar-refractivity contribution in [2.45, 2.75) is 18.5 Å². The molecule has 2 rings (SSSR count). The van der Waals surface area contributed by atoms with Crippen molar-refractivity contribution in [3.8, 4) is 0 Å². The summed E-state index contributed by atoms with van der Waals surface area (Å²) in [6.45, 7) is 0.422. The zero-order chi connectivity index (χ0) is 16.2. The molecular formula is C16H13F5N. The van der Waals surface area contributed by atoms with Crippen molar-refractivity contribution in [3.63, 3.8) is 0 Å². The lowest BCUT2D eigenvalue weighted by molar-refractivity contribution is -0.289. The minimum Gasteiger partial charge on any atom is -0.385 e. The van der Waals surface area contributed by atoms with Crippen LogP contribution < -0.4 is 5.32 Å². The molecule has 0 unspecified atom stereocenters. The second-order valence-corrected chi connectivity index (χ2v) is 4.74. The second-order valence-electron chi connectivity index (χ2n) is 4.74. The van der Waals surface area contributed by atoms with Gasteiger partial charge in [-0.15, -0.1) is 0 Å². The first-order valence-electron chi connectivity index (χ1n) is 6.54. The Morgan fingerprint density at radius 1 is 0.955 bits per heavy atom. The van der Waals surface area contributed by atoms with Crippen LogP contribution in [0.2, 0.25) is 0 Å². The van der Waals surface area contributed by atoms with Gasteiger partial charge >= 0.3 is 12.1 Å². The van der Waals surface area contributed by atoms with Crippen LogP contribution in [0.25, 0.3) is 0 Å². The van der Waals surface area contributed by atoms with E-state index < -0.39 is 17.7 Å². The van der Waals surface area contributed by atoms with Crippen molar-refractivity contribution in [1.29, 1.82) is 0 Å². The molecule has 0 bridgehead atoms. The lowest BCUT2D eigenvalue weighted by Crippen LogP contribution is -2.33. The van der Waals surface area contributed by atoms with Gasteiger partial charge in [0.2, 0.25) is 0 Å². The van der Waals surface area contributed by atoms with Crippen molar-refractivity contribution < 1.29 is 22.0 Å². The van der Waals surface area contributed by atoms with Gasteiger partial charge in [0.1, 0.15) is 0 Å². The summed E-state index contributed by atoms with van der Waals surface area (Å²) in [5, 5.41) is 3.05. The third-order valence-corrected chi connectivity index (χ3v) is 3.11. The average molecular weight is 314 g/mol. The van der Waals surface area contributed by atoms with E-state index >= 15 is 0 Å². The third-order valence-electron chi connectivity index (χ3n) is 3.11. The van der Waals surface area contributed by atoms with Crippen LogP contribution >= 0.6 is 0 Å². The summed E-state index contributed by atoms with van der Waals surface area (Å²) >= 11 is 0. The molecule has 22 heavy (non-hydrogen) atoms. The van der Waals surface area contributed by atoms with E-state index in [0.29, 0.717) is 18.5 Å². The first-order valence-corrected chi connectivity index (χ1v) is 6.54. The monoisotopic (exact) mass is 314 g/mol. The van der Waals surface area contributed by atoms with E-state index in [-0.39, 0.29) is 0 Å². The van der Waals surface area contributed by atoms with Gasteiger partial charge in [-0.3, -0.25) is 0 Å². The van der Waals surface area contributed by atoms with E-state index in [0.717, 1.165) is 17.8 Å². The van der Waals surface area contributed by atoms with Gasteiger partial charge < -0.3 is 5.32 Å². The fourth-order valence-electron chi connectivity index (χ4n) is 1.94. The third kappa shape index (κ3) is 3.75. The maximum absolute atomic E-state index is 13.3. The normalized spacial score (nSPS) is 12.2. The quantitative estimate of drug-likeness (QED) is 0.782. The predicted molar refractivity (Wildman–Crippen MR) is 73.9 cm³/mol. The van der Waals surface area contributed by atoms with E-state index in [1.54, 1.807) is 24.3 Å². The Hall–Kier alpha value is -2.11. The van der Waals surface area contributed by atoms with Crippen LogP contribution in [0, 0.1) is 6.07 Å². The van der Waals surface area contributed by atoms with Crippen LogP contribution in [0.15, 0.2) is 48.5 Å². The van der Waals surface area contributed by atoms with Gasteiger partial charge in [0.15, 0.2) is 0 Å². The second kappa shape index (κ2) is 6.34. The summed E-state index contributed by atoms with van der Waals surface area (Å²) in [6.07, 6.45) is -5.26. The molecule has 1 radical (unpaired) electrons. The van der Waals surface area contributed by atoms with E-state index in [1.165, 1.54) is 12.1 Å². The Morgan fingerprint density at radius 3 is 2.27 bits per heavy atom. The first-order chi connectivity index (χ1) is 10.3. The van der Waals surface area contributed by atoms with Crippen molar-refractivity contribution in [2.75, 3.05) is 11.9 Å². The standard InChI is InChI=1S/C16H13F5N/c17-15(18,16(19,20)21)13-6-4-5-12(11-13)9-10-22-14-7-2-1-3-8-14/h2-8,11,22H,9-10H2. The molecule has 2 aromatic rings. The number of rotatable bonds is 5. The molecule has 2 aromatic carbocycles. The Kier molecular flexibility index (Phi) is 4.68. The Balaban J connectivity index is 2.03. The van der Waals surface area contributed by atoms with Gasteiger partial charge in [-0.05, 0) is 36.2 Å². The van der Waals surface area contributed by atoms with E-state index in [2.05, 4.69) is 11.4 Å². The van der Waals surface area contributed by atoms with Gasteiger partial charge in [0.05, 0.1) is 0 Å². The minimum atomic E-state index is -5.59. The highest BCUT2D eigenvalue weighted by molar-refractivity contribution is 5.42. The van der Waals surface area contributed by atoms with Crippen LogP contribution in [-0.2, 0) is 12.3 Å². The summed E-state index contributed by atoms with van der Waals surface area (Å²) in [5.74, 6) is -4.84. The average Bonchev–Trinajstić information content (AvgIpc) is 2.47. The van der Waals surface area contributed by atoms with Crippen molar-refractivity contribution in [3.05, 3.63) is 65.7 Å². The molecule has 0 heterocycles. The summed E-state index contributed by atoms with van der Waals surface area (Å²) in [7, 11) is 0. The minimum absolute atomic E-state index is 0.334. The van der Waals surface area contributed by atoms with Gasteiger partial charge in [0.25, 0.3) is 0 Å². The molecule has 117 valence electrons. The fourth-order valence-corrected chi connectivity index (χ4v) is 1.94. The molecule has 0 atom stereocenters. The summed E-state index contributed by atoms with van der Waals surface area (Å²) < 4.78 is 63.6. The number of alkyl halides is 5. The highest BCUT2D eigenvalue weighted by Crippen LogP contribution is 2.43. The van der Waals surface area contributed by atoms with Gasteiger partial charge in [0, 0.05) is 17.8 Å². The van der Waals surface area contributed by atoms with Crippen LogP contribution in [0.4, 0.5) is 27.6 Å². The zero-order valence-corrected chi connectivity index (χ0v) is 11.4. The molecule has 1 nitrogen and oxygen atoms in total. The lowest BCUT2D eigenvalue weighted by Gasteiger charge is -2.20. The van der Waals surface area contributed by atoms with Crippen LogP contribution in [0.1, 0.15) is 11.1 Å². The van der Waals surface area contributed by atoms with Crippen LogP contribution in [0.3, 0.4) is 0 Å². The Bertz CT molecular complexity index is 607. The smallest absolute Gasteiger partial charge is 0.385 e. The number of benzene rings is 2. The lowest BCUT2D eigenvalue weighted by atomic mass is 10.0. The Labute approximate surface area is 124 Å². The van der Waals surface area contributed by atoms with E-state index in [9.17, 15) is 22.0 Å². The number of anilines is 1. The maximum Gasteiger partial charge on any atom is 0.458 e. The van der Waals surface area contributed by atoms with Gasteiger partial charge in [-0.25, -0.2) is 0 Å². The topological polar surface area (TPSA) is 12.0 Å². The summed E-state index contributed by atoms with van der Waals surface area (Å²) in [4.78, 5) is 0. The van der Waals surface area contributed by atoms with Gasteiger partial charge in [-0.1, -0.05) is 30.3 Å². The molecule has 1 N–H and O–H groups in total. The number of hydrogen-bond acceptors (Lipinski definition) is 1. The molecule has 0 aliphatic carbocycles. The highest BCUT2D eigenvalue weighted by Gasteiger charge is 2.58. The molecule has 0 aromatic heterocycles. The molecule has 0 aliphatic heterocycles. The number of halogens is 5. The molecule has 6 heteroatoms. The van der Waals surface area contributed by atoms with Crippen molar-refractivity contribution in [1.82, 2.24) is 0 Å². The fraction of sp³-hybridized carbons (Fsp3) is 0.250. The number of hydrogen-bond donors (Lipinski definition) is 1. The predicted octanol–water partition coefficient (Wildman–Crippen LogP) is 4.80. The summed E-state index contributed by atoms with van der Waals surface area (Å²) in [6, 6.07) is 14.3. The number of nitrogens with one attached hydrogen (secondary N) is 1. The maximum atomic E-state index is 13.3. The van der Waals surface area contributed by atoms with E-state index in [4.69, 9.17) is 0 Å². The van der Waals surface area contributed by atoms with Crippen molar-refractivity contribution >= 4 is 5.69 Å². The van der Waals surface area contributed by atoms with Crippen molar-refractivity contribution in [2.24, 2.45) is 0 Å². The molecule has 0 amide bonds. The zero-order valence-electron chi connectivity index (χ0n) is 11.4. The molecule has 0 saturated carbocycles. The molecule has 0 saturated heterocycles. The molecule has 0 aliphatic rings. The summed E-state index contributed by atoms with van der Waals surface area (Å²) in [5.41, 5.74) is 0.207.